The largest absolute Gasteiger partial charge is 0.489 e. The van der Waals surface area contributed by atoms with Crippen LogP contribution in [0.3, 0.4) is 0 Å². The number of hydrogen-bond acceptors (Lipinski definition) is 5. The van der Waals surface area contributed by atoms with Crippen LogP contribution in [0.4, 0.5) is 4.79 Å². The van der Waals surface area contributed by atoms with Crippen LogP contribution in [0.2, 0.25) is 0 Å². The molecule has 3 rings (SSSR count). The summed E-state index contributed by atoms with van der Waals surface area (Å²) in [6.07, 6.45) is -0.192. The van der Waals surface area contributed by atoms with E-state index in [4.69, 9.17) is 14.2 Å². The molecule has 1 atom stereocenters. The summed E-state index contributed by atoms with van der Waals surface area (Å²) in [6, 6.07) is 16.7. The molecule has 1 fully saturated rings. The SMILES string of the molecule is CC(C)(C)OC(=O)N1COC(=O)C1Cc1ccc(OCc2ccccc2)cc1. The molecule has 1 unspecified atom stereocenters. The summed E-state index contributed by atoms with van der Waals surface area (Å²) in [6.45, 7) is 5.75. The highest BCUT2D eigenvalue weighted by Gasteiger charge is 2.39. The van der Waals surface area contributed by atoms with Crippen molar-refractivity contribution in [2.24, 2.45) is 0 Å². The molecule has 6 nitrogen and oxygen atoms in total. The molecule has 0 radical (unpaired) electrons. The van der Waals surface area contributed by atoms with Crippen LogP contribution in [0.15, 0.2) is 54.6 Å². The second kappa shape index (κ2) is 8.33. The molecule has 0 spiro atoms. The van der Waals surface area contributed by atoms with Gasteiger partial charge >= 0.3 is 12.1 Å². The predicted octanol–water partition coefficient (Wildman–Crippen LogP) is 3.93. The summed E-state index contributed by atoms with van der Waals surface area (Å²) in [5.41, 5.74) is 1.36. The molecule has 2 aromatic rings. The number of nitrogens with zero attached hydrogens (tertiary/aromatic N) is 1. The lowest BCUT2D eigenvalue weighted by Gasteiger charge is -2.25. The number of cyclic esters (lactones) is 1. The summed E-state index contributed by atoms with van der Waals surface area (Å²) >= 11 is 0. The zero-order valence-electron chi connectivity index (χ0n) is 16.4. The van der Waals surface area contributed by atoms with Gasteiger partial charge in [-0.1, -0.05) is 42.5 Å². The van der Waals surface area contributed by atoms with Gasteiger partial charge in [0.05, 0.1) is 0 Å². The number of ether oxygens (including phenoxy) is 3. The fourth-order valence-corrected chi connectivity index (χ4v) is 2.83. The van der Waals surface area contributed by atoms with E-state index in [2.05, 4.69) is 0 Å². The molecule has 0 saturated carbocycles. The minimum Gasteiger partial charge on any atom is -0.489 e. The molecule has 1 aliphatic heterocycles. The second-order valence-electron chi connectivity index (χ2n) is 7.68. The van der Waals surface area contributed by atoms with Gasteiger partial charge in [-0.2, -0.15) is 0 Å². The summed E-state index contributed by atoms with van der Waals surface area (Å²) in [5.74, 6) is 0.320. The molecular weight excluding hydrogens is 358 g/mol. The molecule has 0 aromatic heterocycles. The third kappa shape index (κ3) is 5.25. The molecule has 1 aliphatic rings. The van der Waals surface area contributed by atoms with Gasteiger partial charge in [0.2, 0.25) is 0 Å². The van der Waals surface area contributed by atoms with E-state index in [1.165, 1.54) is 4.90 Å². The van der Waals surface area contributed by atoms with Crippen molar-refractivity contribution < 1.29 is 23.8 Å². The molecular formula is C22H25NO5. The van der Waals surface area contributed by atoms with Crippen LogP contribution in [-0.4, -0.2) is 35.3 Å². The number of carbonyl (C=O) groups is 2. The molecule has 1 heterocycles. The minimum atomic E-state index is -0.689. The standard InChI is InChI=1S/C22H25NO5/c1-22(2,3)28-21(25)23-15-27-20(24)19(23)13-16-9-11-18(12-10-16)26-14-17-7-5-4-6-8-17/h4-12,19H,13-15H2,1-3H3. The lowest BCUT2D eigenvalue weighted by molar-refractivity contribution is -0.139. The van der Waals surface area contributed by atoms with Crippen LogP contribution in [0.1, 0.15) is 31.9 Å². The van der Waals surface area contributed by atoms with Gasteiger partial charge in [0.1, 0.15) is 24.0 Å². The van der Waals surface area contributed by atoms with E-state index in [0.717, 1.165) is 16.9 Å². The Hall–Kier alpha value is -3.02. The van der Waals surface area contributed by atoms with Gasteiger partial charge in [-0.25, -0.2) is 9.59 Å². The van der Waals surface area contributed by atoms with Gasteiger partial charge in [-0.15, -0.1) is 0 Å². The second-order valence-corrected chi connectivity index (χ2v) is 7.68. The number of amides is 1. The van der Waals surface area contributed by atoms with E-state index in [1.54, 1.807) is 20.8 Å². The molecule has 1 amide bonds. The smallest absolute Gasteiger partial charge is 0.413 e. The summed E-state index contributed by atoms with van der Waals surface area (Å²) < 4.78 is 16.2. The van der Waals surface area contributed by atoms with Crippen molar-refractivity contribution in [1.29, 1.82) is 0 Å². The summed E-state index contributed by atoms with van der Waals surface area (Å²) in [4.78, 5) is 25.7. The van der Waals surface area contributed by atoms with Gasteiger partial charge in [0.25, 0.3) is 0 Å². The Morgan fingerprint density at radius 2 is 1.75 bits per heavy atom. The van der Waals surface area contributed by atoms with Crippen molar-refractivity contribution in [3.8, 4) is 5.75 Å². The highest BCUT2D eigenvalue weighted by Crippen LogP contribution is 2.22. The van der Waals surface area contributed by atoms with Gasteiger partial charge in [0.15, 0.2) is 6.73 Å². The van der Waals surface area contributed by atoms with Crippen LogP contribution in [0.5, 0.6) is 5.75 Å². The Morgan fingerprint density at radius 1 is 1.07 bits per heavy atom. The monoisotopic (exact) mass is 383 g/mol. The molecule has 28 heavy (non-hydrogen) atoms. The topological polar surface area (TPSA) is 65.1 Å². The number of hydrogen-bond donors (Lipinski definition) is 0. The normalized spacial score (nSPS) is 16.6. The van der Waals surface area contributed by atoms with Crippen LogP contribution in [0.25, 0.3) is 0 Å². The molecule has 148 valence electrons. The van der Waals surface area contributed by atoms with E-state index in [9.17, 15) is 9.59 Å². The maximum Gasteiger partial charge on any atom is 0.413 e. The van der Waals surface area contributed by atoms with Gasteiger partial charge in [-0.05, 0) is 44.0 Å². The highest BCUT2D eigenvalue weighted by molar-refractivity contribution is 5.84. The third-order valence-electron chi connectivity index (χ3n) is 4.22. The number of carbonyl (C=O) groups excluding carboxylic acids is 2. The van der Waals surface area contributed by atoms with Gasteiger partial charge in [-0.3, -0.25) is 4.90 Å². The van der Waals surface area contributed by atoms with Crippen molar-refractivity contribution in [3.63, 3.8) is 0 Å². The van der Waals surface area contributed by atoms with Gasteiger partial charge < -0.3 is 14.2 Å². The molecule has 6 heteroatoms. The first-order valence-electron chi connectivity index (χ1n) is 9.24. The fraction of sp³-hybridized carbons (Fsp3) is 0.364. The quantitative estimate of drug-likeness (QED) is 0.732. The molecule has 0 aliphatic carbocycles. The minimum absolute atomic E-state index is 0.0866. The Labute approximate surface area is 165 Å². The van der Waals surface area contributed by atoms with Crippen LogP contribution in [0, 0.1) is 0 Å². The lowest BCUT2D eigenvalue weighted by Crippen LogP contribution is -2.42. The molecule has 2 aromatic carbocycles. The first kappa shape index (κ1) is 19.7. The van der Waals surface area contributed by atoms with E-state index >= 15 is 0 Å². The number of rotatable bonds is 5. The zero-order chi connectivity index (χ0) is 20.1. The number of benzene rings is 2. The molecule has 0 N–H and O–H groups in total. The Bertz CT molecular complexity index is 811. The average molecular weight is 383 g/mol. The highest BCUT2D eigenvalue weighted by atomic mass is 16.6. The molecule has 0 bridgehead atoms. The molecule has 1 saturated heterocycles. The van der Waals surface area contributed by atoms with Crippen molar-refractivity contribution in [1.82, 2.24) is 4.90 Å². The van der Waals surface area contributed by atoms with E-state index in [0.29, 0.717) is 13.0 Å². The Kier molecular flexibility index (Phi) is 5.87. The van der Waals surface area contributed by atoms with Crippen molar-refractivity contribution in [2.75, 3.05) is 6.73 Å². The van der Waals surface area contributed by atoms with Crippen molar-refractivity contribution in [3.05, 3.63) is 65.7 Å². The maximum atomic E-state index is 12.3. The Balaban J connectivity index is 1.60. The third-order valence-corrected chi connectivity index (χ3v) is 4.22. The zero-order valence-corrected chi connectivity index (χ0v) is 16.4. The summed E-state index contributed by atoms with van der Waals surface area (Å²) in [7, 11) is 0. The van der Waals surface area contributed by atoms with Crippen LogP contribution >= 0.6 is 0 Å². The first-order valence-corrected chi connectivity index (χ1v) is 9.24. The van der Waals surface area contributed by atoms with Crippen molar-refractivity contribution in [2.45, 2.75) is 45.4 Å². The van der Waals surface area contributed by atoms with E-state index < -0.39 is 23.7 Å². The predicted molar refractivity (Wildman–Crippen MR) is 104 cm³/mol. The first-order chi connectivity index (χ1) is 13.3. The van der Waals surface area contributed by atoms with E-state index in [1.807, 2.05) is 54.6 Å². The lowest BCUT2D eigenvalue weighted by atomic mass is 10.1. The average Bonchev–Trinajstić information content (AvgIpc) is 3.01. The summed E-state index contributed by atoms with van der Waals surface area (Å²) in [5, 5.41) is 0. The van der Waals surface area contributed by atoms with Crippen molar-refractivity contribution >= 4 is 12.1 Å². The van der Waals surface area contributed by atoms with Crippen LogP contribution in [-0.2, 0) is 27.3 Å². The van der Waals surface area contributed by atoms with Gasteiger partial charge in [0, 0.05) is 6.42 Å². The van der Waals surface area contributed by atoms with E-state index in [-0.39, 0.29) is 6.73 Å². The number of esters is 1. The van der Waals surface area contributed by atoms with Crippen LogP contribution < -0.4 is 4.74 Å². The Morgan fingerprint density at radius 3 is 2.39 bits per heavy atom. The fourth-order valence-electron chi connectivity index (χ4n) is 2.83. The maximum absolute atomic E-state index is 12.3.